The van der Waals surface area contributed by atoms with Gasteiger partial charge in [-0.05, 0) is 72.9 Å². The van der Waals surface area contributed by atoms with Crippen LogP contribution in [-0.4, -0.2) is 15.2 Å². The molecule has 0 aliphatic carbocycles. The number of aromatic nitrogens is 1. The summed E-state index contributed by atoms with van der Waals surface area (Å²) in [5.74, 6) is 1.57. The van der Waals surface area contributed by atoms with Crippen LogP contribution >= 0.6 is 23.8 Å². The Labute approximate surface area is 189 Å². The van der Waals surface area contributed by atoms with Gasteiger partial charge in [0, 0.05) is 16.8 Å². The highest BCUT2D eigenvalue weighted by atomic mass is 35.5. The summed E-state index contributed by atoms with van der Waals surface area (Å²) in [5.41, 5.74) is 2.36. The molecule has 0 bridgehead atoms. The van der Waals surface area contributed by atoms with Gasteiger partial charge in [-0.25, -0.2) is 0 Å². The van der Waals surface area contributed by atoms with Gasteiger partial charge in [0.05, 0.1) is 17.4 Å². The molecule has 0 radical (unpaired) electrons. The summed E-state index contributed by atoms with van der Waals surface area (Å²) in [5, 5.41) is 15.0. The first kappa shape index (κ1) is 19.6. The van der Waals surface area contributed by atoms with Crippen LogP contribution in [0.1, 0.15) is 23.5 Å². The van der Waals surface area contributed by atoms with Crippen LogP contribution in [0.15, 0.2) is 89.5 Å². The predicted molar refractivity (Wildman–Crippen MR) is 125 cm³/mol. The molecule has 5 rings (SSSR count). The van der Waals surface area contributed by atoms with Crippen LogP contribution in [-0.2, 0) is 0 Å². The molecule has 0 unspecified atom stereocenters. The minimum absolute atomic E-state index is 0.141. The van der Waals surface area contributed by atoms with Crippen LogP contribution in [0.25, 0.3) is 11.3 Å². The smallest absolute Gasteiger partial charge is 0.174 e. The number of rotatable bonds is 4. The average Bonchev–Trinajstić information content (AvgIpc) is 3.40. The molecule has 1 aliphatic heterocycles. The van der Waals surface area contributed by atoms with Gasteiger partial charge in [-0.3, -0.25) is 4.98 Å². The molecule has 4 aromatic rings. The zero-order valence-electron chi connectivity index (χ0n) is 16.3. The molecule has 0 saturated carbocycles. The van der Waals surface area contributed by atoms with Crippen molar-refractivity contribution in [3.8, 4) is 17.1 Å². The second kappa shape index (κ2) is 8.06. The lowest BCUT2D eigenvalue weighted by atomic mass is 10.0. The van der Waals surface area contributed by atoms with Crippen LogP contribution in [0, 0.1) is 0 Å². The van der Waals surface area contributed by atoms with Crippen molar-refractivity contribution in [2.24, 2.45) is 0 Å². The SMILES string of the molecule is Oc1ccccc1N1C(=S)N[C@H](c2ccccn2)[C@@H]1c1ccc(-c2ccc(Cl)cc2)o1. The van der Waals surface area contributed by atoms with E-state index in [1.54, 1.807) is 18.3 Å². The highest BCUT2D eigenvalue weighted by Gasteiger charge is 2.43. The summed E-state index contributed by atoms with van der Waals surface area (Å²) in [6.45, 7) is 0. The van der Waals surface area contributed by atoms with E-state index in [-0.39, 0.29) is 17.8 Å². The standard InChI is InChI=1S/C24H18ClN3O2S/c25-16-10-8-15(9-11-16)20-12-13-21(30-20)23-22(17-5-3-4-14-26-17)27-24(31)28(23)18-6-1-2-7-19(18)29/h1-14,22-23,29H,(H,27,31)/t22-,23+/m1/s1. The van der Waals surface area contributed by atoms with Gasteiger partial charge in [0.15, 0.2) is 5.11 Å². The van der Waals surface area contributed by atoms with Crippen LogP contribution in [0.3, 0.4) is 0 Å². The van der Waals surface area contributed by atoms with Gasteiger partial charge in [-0.1, -0.05) is 29.8 Å². The molecule has 3 heterocycles. The lowest BCUT2D eigenvalue weighted by Gasteiger charge is -2.26. The molecule has 1 aliphatic rings. The van der Waals surface area contributed by atoms with E-state index in [1.807, 2.05) is 71.6 Å². The van der Waals surface area contributed by atoms with Gasteiger partial charge in [0.1, 0.15) is 23.3 Å². The fraction of sp³-hybridized carbons (Fsp3) is 0.0833. The van der Waals surface area contributed by atoms with Gasteiger partial charge in [0.2, 0.25) is 0 Å². The van der Waals surface area contributed by atoms with Crippen molar-refractivity contribution in [1.82, 2.24) is 10.3 Å². The van der Waals surface area contributed by atoms with Crippen LogP contribution < -0.4 is 10.2 Å². The highest BCUT2D eigenvalue weighted by Crippen LogP contribution is 2.45. The molecule has 2 atom stereocenters. The molecule has 154 valence electrons. The van der Waals surface area contributed by atoms with Gasteiger partial charge < -0.3 is 19.7 Å². The first-order chi connectivity index (χ1) is 15.1. The number of furan rings is 1. The van der Waals surface area contributed by atoms with Gasteiger partial charge in [-0.15, -0.1) is 0 Å². The molecular weight excluding hydrogens is 430 g/mol. The summed E-state index contributed by atoms with van der Waals surface area (Å²) >= 11 is 11.7. The third-order valence-electron chi connectivity index (χ3n) is 5.29. The number of anilines is 1. The summed E-state index contributed by atoms with van der Waals surface area (Å²) < 4.78 is 6.29. The first-order valence-corrected chi connectivity index (χ1v) is 10.5. The number of phenols is 1. The van der Waals surface area contributed by atoms with E-state index in [0.29, 0.717) is 21.6 Å². The fourth-order valence-corrected chi connectivity index (χ4v) is 4.32. The molecule has 1 saturated heterocycles. The Morgan fingerprint density at radius 2 is 1.74 bits per heavy atom. The van der Waals surface area contributed by atoms with Crippen molar-refractivity contribution < 1.29 is 9.52 Å². The van der Waals surface area contributed by atoms with E-state index < -0.39 is 0 Å². The predicted octanol–water partition coefficient (Wildman–Crippen LogP) is 5.88. The molecule has 0 spiro atoms. The third kappa shape index (κ3) is 3.65. The molecule has 5 nitrogen and oxygen atoms in total. The number of aromatic hydroxyl groups is 1. The summed E-state index contributed by atoms with van der Waals surface area (Å²) in [6.07, 6.45) is 1.75. The van der Waals surface area contributed by atoms with Crippen molar-refractivity contribution in [3.63, 3.8) is 0 Å². The molecular formula is C24H18ClN3O2S. The normalized spacial score (nSPS) is 18.2. The topological polar surface area (TPSA) is 61.5 Å². The molecule has 2 aromatic carbocycles. The Bertz CT molecular complexity index is 1230. The van der Waals surface area contributed by atoms with E-state index in [9.17, 15) is 5.11 Å². The Morgan fingerprint density at radius 1 is 0.968 bits per heavy atom. The second-order valence-electron chi connectivity index (χ2n) is 7.19. The maximum absolute atomic E-state index is 10.5. The van der Waals surface area contributed by atoms with Crippen LogP contribution in [0.4, 0.5) is 5.69 Å². The molecule has 7 heteroatoms. The maximum Gasteiger partial charge on any atom is 0.174 e. The van der Waals surface area contributed by atoms with E-state index in [0.717, 1.165) is 17.0 Å². The number of thiocarbonyl (C=S) groups is 1. The Morgan fingerprint density at radius 3 is 2.48 bits per heavy atom. The number of halogens is 1. The first-order valence-electron chi connectivity index (χ1n) is 9.76. The minimum atomic E-state index is -0.336. The molecule has 0 amide bonds. The lowest BCUT2D eigenvalue weighted by Crippen LogP contribution is -2.29. The number of nitrogens with zero attached hydrogens (tertiary/aromatic N) is 2. The van der Waals surface area contributed by atoms with Gasteiger partial charge in [-0.2, -0.15) is 0 Å². The van der Waals surface area contributed by atoms with E-state index in [2.05, 4.69) is 10.3 Å². The van der Waals surface area contributed by atoms with Crippen LogP contribution in [0.5, 0.6) is 5.75 Å². The molecule has 1 fully saturated rings. The number of nitrogens with one attached hydrogen (secondary N) is 1. The zero-order chi connectivity index (χ0) is 21.4. The largest absolute Gasteiger partial charge is 0.506 e. The Kier molecular flexibility index (Phi) is 5.10. The quantitative estimate of drug-likeness (QED) is 0.381. The van der Waals surface area contributed by atoms with Crippen LogP contribution in [0.2, 0.25) is 5.02 Å². The number of benzene rings is 2. The molecule has 2 N–H and O–H groups in total. The lowest BCUT2D eigenvalue weighted by molar-refractivity contribution is 0.434. The highest BCUT2D eigenvalue weighted by molar-refractivity contribution is 7.80. The average molecular weight is 448 g/mol. The number of pyridine rings is 1. The van der Waals surface area contributed by atoms with Crippen molar-refractivity contribution >= 4 is 34.6 Å². The minimum Gasteiger partial charge on any atom is -0.506 e. The van der Waals surface area contributed by atoms with Crippen molar-refractivity contribution in [2.75, 3.05) is 4.90 Å². The second-order valence-corrected chi connectivity index (χ2v) is 8.02. The summed E-state index contributed by atoms with van der Waals surface area (Å²) in [7, 11) is 0. The van der Waals surface area contributed by atoms with E-state index in [1.165, 1.54) is 0 Å². The summed E-state index contributed by atoms with van der Waals surface area (Å²) in [6, 6.07) is 23.7. The van der Waals surface area contributed by atoms with Gasteiger partial charge >= 0.3 is 0 Å². The number of para-hydroxylation sites is 2. The molecule has 31 heavy (non-hydrogen) atoms. The number of hydrogen-bond acceptors (Lipinski definition) is 4. The number of hydrogen-bond donors (Lipinski definition) is 2. The van der Waals surface area contributed by atoms with Crippen molar-refractivity contribution in [3.05, 3.63) is 102 Å². The third-order valence-corrected chi connectivity index (χ3v) is 5.85. The molecule has 2 aromatic heterocycles. The Hall–Kier alpha value is -3.35. The zero-order valence-corrected chi connectivity index (χ0v) is 17.8. The van der Waals surface area contributed by atoms with Crippen molar-refractivity contribution in [2.45, 2.75) is 12.1 Å². The van der Waals surface area contributed by atoms with E-state index in [4.69, 9.17) is 28.2 Å². The van der Waals surface area contributed by atoms with Gasteiger partial charge in [0.25, 0.3) is 0 Å². The number of phenolic OH excluding ortho intramolecular Hbond substituents is 1. The maximum atomic E-state index is 10.5. The van der Waals surface area contributed by atoms with Crippen molar-refractivity contribution in [1.29, 1.82) is 0 Å². The monoisotopic (exact) mass is 447 g/mol. The Balaban J connectivity index is 1.61. The van der Waals surface area contributed by atoms with E-state index >= 15 is 0 Å². The fourth-order valence-electron chi connectivity index (χ4n) is 3.85. The summed E-state index contributed by atoms with van der Waals surface area (Å²) in [4.78, 5) is 6.41.